The van der Waals surface area contributed by atoms with Crippen molar-refractivity contribution in [3.8, 4) is 50.8 Å². The van der Waals surface area contributed by atoms with Gasteiger partial charge in [-0.1, -0.05) is 155 Å². The van der Waals surface area contributed by atoms with Crippen LogP contribution < -0.4 is 0 Å². The van der Waals surface area contributed by atoms with Gasteiger partial charge in [0.2, 0.25) is 5.95 Å². The predicted octanol–water partition coefficient (Wildman–Crippen LogP) is 17.8. The fourth-order valence-electron chi connectivity index (χ4n) is 11.4. The summed E-state index contributed by atoms with van der Waals surface area (Å²) in [5, 5.41) is 10.4. The molecule has 5 nitrogen and oxygen atoms in total. The van der Waals surface area contributed by atoms with Crippen LogP contribution in [0, 0.1) is 0 Å². The first-order valence-corrected chi connectivity index (χ1v) is 25.1. The van der Waals surface area contributed by atoms with Gasteiger partial charge in [0.05, 0.1) is 44.3 Å². The topological polar surface area (TPSA) is 40.6 Å². The lowest BCUT2D eigenvalue weighted by Crippen LogP contribution is -2.04. The molecule has 0 fully saturated rings. The Morgan fingerprint density at radius 2 is 0.722 bits per heavy atom. The van der Waals surface area contributed by atoms with E-state index in [-0.39, 0.29) is 0 Å². The van der Waals surface area contributed by atoms with Crippen LogP contribution >= 0.6 is 15.9 Å². The Kier molecular flexibility index (Phi) is 9.04. The Labute approximate surface area is 422 Å². The van der Waals surface area contributed by atoms with Crippen molar-refractivity contribution < 1.29 is 0 Å². The number of para-hydroxylation sites is 4. The summed E-state index contributed by atoms with van der Waals surface area (Å²) in [5.74, 6) is 0.625. The molecule has 72 heavy (non-hydrogen) atoms. The van der Waals surface area contributed by atoms with Crippen molar-refractivity contribution >= 4 is 103 Å². The van der Waals surface area contributed by atoms with Gasteiger partial charge in [0, 0.05) is 64.5 Å². The Hall–Kier alpha value is -9.10. The maximum atomic E-state index is 5.53. The Balaban J connectivity index is 0.978. The standard InChI is InChI=1S/C66H40BrN5/c67-47-16-13-15-46(36-47)64-53-31-26-41-14-7-8-21-50(41)65(53)69-66(68-64)72-62-34-29-44(42-27-32-60-54(37-42)51-22-9-11-24-58(51)70(60)48-17-3-1-4-18-48)39-56(62)57-40-45(30-35-63(57)72)43-28-33-61-55(38-43)52-23-10-12-25-59(52)71(61)49-19-5-2-6-20-49/h1-40H. The molecule has 0 saturated carbocycles. The zero-order chi connectivity index (χ0) is 47.4. The zero-order valence-electron chi connectivity index (χ0n) is 38.7. The van der Waals surface area contributed by atoms with E-state index in [9.17, 15) is 0 Å². The van der Waals surface area contributed by atoms with E-state index in [4.69, 9.17) is 9.97 Å². The van der Waals surface area contributed by atoms with E-state index >= 15 is 0 Å². The molecule has 0 bridgehead atoms. The molecule has 6 heteroatoms. The number of hydrogen-bond acceptors (Lipinski definition) is 2. The van der Waals surface area contributed by atoms with Crippen molar-refractivity contribution in [2.75, 3.05) is 0 Å². The SMILES string of the molecule is Brc1cccc(-c2nc(-n3c4ccc(-c5ccc6c(c5)c5ccccc5n6-c5ccccc5)cc4c4cc(-c5ccc6c(c5)c5ccccc5n6-c5ccccc5)ccc43)nc3c2ccc2ccccc23)c1. The van der Waals surface area contributed by atoms with Gasteiger partial charge in [-0.25, -0.2) is 9.97 Å². The first-order valence-electron chi connectivity index (χ1n) is 24.3. The Bertz CT molecular complexity index is 4480. The first-order chi connectivity index (χ1) is 35.6. The van der Waals surface area contributed by atoms with Gasteiger partial charge in [-0.15, -0.1) is 0 Å². The lowest BCUT2D eigenvalue weighted by Gasteiger charge is -2.14. The lowest BCUT2D eigenvalue weighted by molar-refractivity contribution is 1.02. The summed E-state index contributed by atoms with van der Waals surface area (Å²) in [6, 6.07) is 87.7. The highest BCUT2D eigenvalue weighted by Crippen LogP contribution is 2.42. The average molecular weight is 983 g/mol. The second-order valence-corrected chi connectivity index (χ2v) is 19.6. The van der Waals surface area contributed by atoms with Gasteiger partial charge < -0.3 is 9.13 Å². The van der Waals surface area contributed by atoms with Gasteiger partial charge in [-0.05, 0) is 131 Å². The van der Waals surface area contributed by atoms with E-state index in [1.54, 1.807) is 0 Å². The van der Waals surface area contributed by atoms with E-state index in [0.29, 0.717) is 5.95 Å². The van der Waals surface area contributed by atoms with Gasteiger partial charge in [0.1, 0.15) is 0 Å². The molecule has 336 valence electrons. The van der Waals surface area contributed by atoms with Gasteiger partial charge in [-0.3, -0.25) is 4.57 Å². The van der Waals surface area contributed by atoms with Crippen molar-refractivity contribution in [2.45, 2.75) is 0 Å². The monoisotopic (exact) mass is 981 g/mol. The van der Waals surface area contributed by atoms with E-state index in [0.717, 1.165) is 92.8 Å². The minimum atomic E-state index is 0.625. The molecule has 4 heterocycles. The maximum Gasteiger partial charge on any atom is 0.235 e. The maximum absolute atomic E-state index is 5.53. The Morgan fingerprint density at radius 3 is 1.25 bits per heavy atom. The van der Waals surface area contributed by atoms with Crippen LogP contribution in [0.2, 0.25) is 0 Å². The van der Waals surface area contributed by atoms with Crippen LogP contribution in [0.4, 0.5) is 0 Å². The van der Waals surface area contributed by atoms with Crippen LogP contribution in [0.5, 0.6) is 0 Å². The minimum absolute atomic E-state index is 0.625. The summed E-state index contributed by atoms with van der Waals surface area (Å²) in [7, 11) is 0. The molecule has 0 aliphatic heterocycles. The molecular weight excluding hydrogens is 943 g/mol. The number of aromatic nitrogens is 5. The van der Waals surface area contributed by atoms with Crippen LogP contribution in [-0.2, 0) is 0 Å². The number of rotatable bonds is 6. The largest absolute Gasteiger partial charge is 0.309 e. The molecule has 0 N–H and O–H groups in total. The van der Waals surface area contributed by atoms with Crippen molar-refractivity contribution in [2.24, 2.45) is 0 Å². The molecule has 0 atom stereocenters. The van der Waals surface area contributed by atoms with Gasteiger partial charge in [0.25, 0.3) is 0 Å². The minimum Gasteiger partial charge on any atom is -0.309 e. The lowest BCUT2D eigenvalue weighted by atomic mass is 9.98. The molecule has 0 aliphatic carbocycles. The summed E-state index contributed by atoms with van der Waals surface area (Å²) in [5.41, 5.74) is 16.5. The molecule has 0 saturated heterocycles. The predicted molar refractivity (Wildman–Crippen MR) is 304 cm³/mol. The Morgan fingerprint density at radius 1 is 0.278 bits per heavy atom. The number of hydrogen-bond donors (Lipinski definition) is 0. The quantitative estimate of drug-likeness (QED) is 0.156. The fraction of sp³-hybridized carbons (Fsp3) is 0. The van der Waals surface area contributed by atoms with E-state index in [2.05, 4.69) is 272 Å². The number of benzene rings is 11. The second kappa shape index (κ2) is 16.0. The fourth-order valence-corrected chi connectivity index (χ4v) is 11.8. The molecule has 0 spiro atoms. The third-order valence-electron chi connectivity index (χ3n) is 14.7. The zero-order valence-corrected chi connectivity index (χ0v) is 40.3. The van der Waals surface area contributed by atoms with E-state index < -0.39 is 0 Å². The average Bonchev–Trinajstić information content (AvgIpc) is 4.08. The van der Waals surface area contributed by atoms with E-state index in [1.807, 2.05) is 0 Å². The molecule has 0 radical (unpaired) electrons. The second-order valence-electron chi connectivity index (χ2n) is 18.7. The van der Waals surface area contributed by atoms with Gasteiger partial charge >= 0.3 is 0 Å². The highest BCUT2D eigenvalue weighted by Gasteiger charge is 2.22. The summed E-state index contributed by atoms with van der Waals surface area (Å²) in [6.07, 6.45) is 0. The van der Waals surface area contributed by atoms with Crippen molar-refractivity contribution in [3.63, 3.8) is 0 Å². The van der Waals surface area contributed by atoms with Crippen LogP contribution in [-0.4, -0.2) is 23.7 Å². The number of fused-ring (bicyclic) bond motifs is 12. The third-order valence-corrected chi connectivity index (χ3v) is 15.2. The van der Waals surface area contributed by atoms with E-state index in [1.165, 1.54) is 43.6 Å². The molecule has 15 aromatic rings. The smallest absolute Gasteiger partial charge is 0.235 e. The summed E-state index contributed by atoms with van der Waals surface area (Å²) >= 11 is 3.76. The van der Waals surface area contributed by atoms with Crippen LogP contribution in [0.25, 0.3) is 138 Å². The summed E-state index contributed by atoms with van der Waals surface area (Å²) in [4.78, 5) is 11.1. The molecule has 0 unspecified atom stereocenters. The molecular formula is C66H40BrN5. The van der Waals surface area contributed by atoms with Crippen molar-refractivity contribution in [1.29, 1.82) is 0 Å². The van der Waals surface area contributed by atoms with Crippen molar-refractivity contribution in [1.82, 2.24) is 23.7 Å². The molecule has 0 amide bonds. The highest BCUT2D eigenvalue weighted by atomic mass is 79.9. The summed E-state index contributed by atoms with van der Waals surface area (Å²) < 4.78 is 8.02. The van der Waals surface area contributed by atoms with Crippen LogP contribution in [0.1, 0.15) is 0 Å². The van der Waals surface area contributed by atoms with Gasteiger partial charge in [-0.2, -0.15) is 0 Å². The van der Waals surface area contributed by atoms with Crippen LogP contribution in [0.3, 0.4) is 0 Å². The third kappa shape index (κ3) is 6.26. The molecule has 15 rings (SSSR count). The molecule has 4 aromatic heterocycles. The number of halogens is 1. The summed E-state index contributed by atoms with van der Waals surface area (Å²) in [6.45, 7) is 0. The van der Waals surface area contributed by atoms with Crippen molar-refractivity contribution in [3.05, 3.63) is 247 Å². The highest BCUT2D eigenvalue weighted by molar-refractivity contribution is 9.10. The first kappa shape index (κ1) is 40.8. The van der Waals surface area contributed by atoms with Crippen LogP contribution in [0.15, 0.2) is 247 Å². The number of nitrogens with zero attached hydrogens (tertiary/aromatic N) is 5. The normalized spacial score (nSPS) is 12.0. The molecule has 0 aliphatic rings. The molecule has 11 aromatic carbocycles. The van der Waals surface area contributed by atoms with Gasteiger partial charge in [0.15, 0.2) is 0 Å².